The summed E-state index contributed by atoms with van der Waals surface area (Å²) in [6.07, 6.45) is 1.27. The number of halogens is 4. The highest BCUT2D eigenvalue weighted by atomic mass is 35.5. The number of Topliss-reactive ketones (excluding diaryl/α,β-unsaturated/α-hetero) is 1. The fourth-order valence-electron chi connectivity index (χ4n) is 1.59. The Kier molecular flexibility index (Phi) is 6.20. The molecule has 1 heterocycles. The predicted octanol–water partition coefficient (Wildman–Crippen LogP) is 5.62. The van der Waals surface area contributed by atoms with Crippen LogP contribution in [-0.4, -0.2) is 12.0 Å². The molecular formula is C14H9Cl3FNO2S. The van der Waals surface area contributed by atoms with E-state index in [1.165, 1.54) is 24.4 Å². The maximum Gasteiger partial charge on any atom is 0.170 e. The number of benzene rings is 1. The summed E-state index contributed by atoms with van der Waals surface area (Å²) in [5.41, 5.74) is 0.556. The SMILES string of the molecule is O=C(CC=NOCc1c(F)cccc1Cl)c1cc(Cl)sc1Cl. The first-order valence-corrected chi connectivity index (χ1v) is 7.98. The Morgan fingerprint density at radius 3 is 2.77 bits per heavy atom. The zero-order valence-electron chi connectivity index (χ0n) is 11.0. The third-order valence-corrected chi connectivity index (χ3v) is 4.50. The van der Waals surface area contributed by atoms with Gasteiger partial charge in [0.25, 0.3) is 0 Å². The maximum absolute atomic E-state index is 13.5. The van der Waals surface area contributed by atoms with Crippen LogP contribution in [0.1, 0.15) is 22.3 Å². The fourth-order valence-corrected chi connectivity index (χ4v) is 3.30. The van der Waals surface area contributed by atoms with Gasteiger partial charge < -0.3 is 4.84 Å². The van der Waals surface area contributed by atoms with Gasteiger partial charge in [-0.05, 0) is 18.2 Å². The van der Waals surface area contributed by atoms with Crippen molar-refractivity contribution in [2.75, 3.05) is 0 Å². The predicted molar refractivity (Wildman–Crippen MR) is 88.0 cm³/mol. The highest BCUT2D eigenvalue weighted by Gasteiger charge is 2.13. The molecule has 0 saturated carbocycles. The van der Waals surface area contributed by atoms with Gasteiger partial charge in [-0.1, -0.05) is 46.0 Å². The van der Waals surface area contributed by atoms with E-state index in [1.807, 2.05) is 0 Å². The summed E-state index contributed by atoms with van der Waals surface area (Å²) in [4.78, 5) is 16.8. The quantitative estimate of drug-likeness (QED) is 0.370. The van der Waals surface area contributed by atoms with Crippen molar-refractivity contribution in [2.45, 2.75) is 13.0 Å². The van der Waals surface area contributed by atoms with Crippen LogP contribution >= 0.6 is 46.1 Å². The maximum atomic E-state index is 13.5. The Morgan fingerprint density at radius 1 is 1.36 bits per heavy atom. The van der Waals surface area contributed by atoms with E-state index in [2.05, 4.69) is 5.16 Å². The van der Waals surface area contributed by atoms with Crippen molar-refractivity contribution in [2.24, 2.45) is 5.16 Å². The molecule has 0 N–H and O–H groups in total. The van der Waals surface area contributed by atoms with E-state index in [4.69, 9.17) is 39.6 Å². The third-order valence-electron chi connectivity index (χ3n) is 2.65. The van der Waals surface area contributed by atoms with E-state index < -0.39 is 5.82 Å². The van der Waals surface area contributed by atoms with Crippen LogP contribution in [0.25, 0.3) is 0 Å². The molecule has 0 aliphatic carbocycles. The number of carbonyl (C=O) groups is 1. The van der Waals surface area contributed by atoms with Crippen LogP contribution in [0.15, 0.2) is 29.4 Å². The lowest BCUT2D eigenvalue weighted by molar-refractivity contribution is 0.0996. The first kappa shape index (κ1) is 17.2. The van der Waals surface area contributed by atoms with Gasteiger partial charge in [0.05, 0.1) is 15.6 Å². The van der Waals surface area contributed by atoms with Gasteiger partial charge in [0.2, 0.25) is 0 Å². The summed E-state index contributed by atoms with van der Waals surface area (Å²) in [7, 11) is 0. The van der Waals surface area contributed by atoms with Crippen LogP contribution in [0.3, 0.4) is 0 Å². The summed E-state index contributed by atoms with van der Waals surface area (Å²) in [5, 5.41) is 3.86. The average Bonchev–Trinajstić information content (AvgIpc) is 2.80. The standard InChI is InChI=1S/C14H9Cl3FNO2S/c15-10-2-1-3-11(18)9(10)7-21-19-5-4-12(20)8-6-13(16)22-14(8)17/h1-3,5-6H,4,7H2. The molecule has 22 heavy (non-hydrogen) atoms. The Bertz CT molecular complexity index is 698. The average molecular weight is 381 g/mol. The van der Waals surface area contributed by atoms with Gasteiger partial charge in [0.1, 0.15) is 16.8 Å². The first-order chi connectivity index (χ1) is 10.5. The fraction of sp³-hybridized carbons (Fsp3) is 0.143. The van der Waals surface area contributed by atoms with Crippen LogP contribution in [0.5, 0.6) is 0 Å². The van der Waals surface area contributed by atoms with E-state index in [-0.39, 0.29) is 29.4 Å². The molecule has 3 nitrogen and oxygen atoms in total. The molecule has 0 radical (unpaired) electrons. The Morgan fingerprint density at radius 2 is 2.14 bits per heavy atom. The molecule has 0 fully saturated rings. The topological polar surface area (TPSA) is 38.7 Å². The lowest BCUT2D eigenvalue weighted by Crippen LogP contribution is -1.99. The first-order valence-electron chi connectivity index (χ1n) is 6.03. The summed E-state index contributed by atoms with van der Waals surface area (Å²) >= 11 is 18.6. The largest absolute Gasteiger partial charge is 0.391 e. The number of oxime groups is 1. The van der Waals surface area contributed by atoms with E-state index in [1.54, 1.807) is 6.07 Å². The minimum absolute atomic E-state index is 0.00220. The second kappa shape index (κ2) is 7.92. The second-order valence-electron chi connectivity index (χ2n) is 4.13. The number of hydrogen-bond donors (Lipinski definition) is 0. The molecule has 0 bridgehead atoms. The molecule has 0 saturated heterocycles. The van der Waals surface area contributed by atoms with Crippen molar-refractivity contribution >= 4 is 58.1 Å². The van der Waals surface area contributed by atoms with Gasteiger partial charge in [-0.15, -0.1) is 11.3 Å². The molecule has 2 rings (SSSR count). The zero-order chi connectivity index (χ0) is 16.1. The van der Waals surface area contributed by atoms with Gasteiger partial charge in [-0.3, -0.25) is 4.79 Å². The van der Waals surface area contributed by atoms with E-state index >= 15 is 0 Å². The summed E-state index contributed by atoms with van der Waals surface area (Å²) in [6.45, 7) is -0.124. The van der Waals surface area contributed by atoms with Crippen molar-refractivity contribution in [3.63, 3.8) is 0 Å². The van der Waals surface area contributed by atoms with Crippen molar-refractivity contribution in [1.29, 1.82) is 0 Å². The van der Waals surface area contributed by atoms with Crippen LogP contribution in [0.2, 0.25) is 13.7 Å². The van der Waals surface area contributed by atoms with Gasteiger partial charge in [0, 0.05) is 17.5 Å². The van der Waals surface area contributed by atoms with Gasteiger partial charge in [0.15, 0.2) is 5.78 Å². The highest BCUT2D eigenvalue weighted by molar-refractivity contribution is 7.20. The second-order valence-corrected chi connectivity index (χ2v) is 6.82. The van der Waals surface area contributed by atoms with Gasteiger partial charge in [-0.25, -0.2) is 4.39 Å². The van der Waals surface area contributed by atoms with Gasteiger partial charge >= 0.3 is 0 Å². The Hall–Kier alpha value is -1.14. The summed E-state index contributed by atoms with van der Waals surface area (Å²) in [5.74, 6) is -0.706. The Labute approximate surface area is 145 Å². The molecule has 8 heteroatoms. The van der Waals surface area contributed by atoms with Crippen LogP contribution in [-0.2, 0) is 11.4 Å². The molecule has 2 aromatic rings. The number of hydrogen-bond acceptors (Lipinski definition) is 4. The van der Waals surface area contributed by atoms with Crippen LogP contribution in [0, 0.1) is 5.82 Å². The molecule has 0 amide bonds. The smallest absolute Gasteiger partial charge is 0.170 e. The van der Waals surface area contributed by atoms with E-state index in [0.29, 0.717) is 14.2 Å². The lowest BCUT2D eigenvalue weighted by Gasteiger charge is -2.03. The van der Waals surface area contributed by atoms with Crippen LogP contribution in [0.4, 0.5) is 4.39 Å². The van der Waals surface area contributed by atoms with Crippen molar-refractivity contribution in [3.8, 4) is 0 Å². The molecule has 0 spiro atoms. The zero-order valence-corrected chi connectivity index (χ0v) is 14.1. The third kappa shape index (κ3) is 4.43. The molecule has 0 aliphatic heterocycles. The molecule has 1 aromatic heterocycles. The normalized spacial score (nSPS) is 11.1. The van der Waals surface area contributed by atoms with E-state index in [9.17, 15) is 9.18 Å². The summed E-state index contributed by atoms with van der Waals surface area (Å²) < 4.78 is 14.2. The Balaban J connectivity index is 1.86. The van der Waals surface area contributed by atoms with E-state index in [0.717, 1.165) is 11.3 Å². The minimum atomic E-state index is -0.474. The number of rotatable bonds is 6. The molecule has 1 aromatic carbocycles. The highest BCUT2D eigenvalue weighted by Crippen LogP contribution is 2.31. The van der Waals surface area contributed by atoms with Gasteiger partial charge in [-0.2, -0.15) is 0 Å². The molecule has 0 atom stereocenters. The number of nitrogens with zero attached hydrogens (tertiary/aromatic N) is 1. The number of ketones is 1. The van der Waals surface area contributed by atoms with Crippen molar-refractivity contribution < 1.29 is 14.0 Å². The molecule has 0 aliphatic rings. The van der Waals surface area contributed by atoms with Crippen molar-refractivity contribution in [3.05, 3.63) is 54.9 Å². The lowest BCUT2D eigenvalue weighted by atomic mass is 10.2. The van der Waals surface area contributed by atoms with Crippen LogP contribution < -0.4 is 0 Å². The number of thiophene rings is 1. The monoisotopic (exact) mass is 379 g/mol. The molecule has 0 unspecified atom stereocenters. The molecular weight excluding hydrogens is 372 g/mol. The minimum Gasteiger partial charge on any atom is -0.391 e. The number of carbonyl (C=O) groups excluding carboxylic acids is 1. The summed E-state index contributed by atoms with van der Waals surface area (Å²) in [6, 6.07) is 5.84. The van der Waals surface area contributed by atoms with Crippen molar-refractivity contribution in [1.82, 2.24) is 0 Å². The molecule has 116 valence electrons.